The highest BCUT2D eigenvalue weighted by atomic mass is 19.1. The van der Waals surface area contributed by atoms with Crippen molar-refractivity contribution in [2.45, 2.75) is 31.7 Å². The Balaban J connectivity index is 1.77. The Morgan fingerprint density at radius 3 is 2.75 bits per heavy atom. The zero-order valence-corrected chi connectivity index (χ0v) is 12.0. The number of nitrogens with one attached hydrogen (secondary N) is 1. The van der Waals surface area contributed by atoms with E-state index in [9.17, 15) is 4.39 Å². The summed E-state index contributed by atoms with van der Waals surface area (Å²) in [7, 11) is 1.95. The van der Waals surface area contributed by atoms with Crippen LogP contribution in [0, 0.1) is 12.7 Å². The molecule has 20 heavy (non-hydrogen) atoms. The monoisotopic (exact) mass is 269 g/mol. The third kappa shape index (κ3) is 2.36. The number of benzene rings is 2. The van der Waals surface area contributed by atoms with Gasteiger partial charge in [0.2, 0.25) is 0 Å². The Labute approximate surface area is 119 Å². The van der Waals surface area contributed by atoms with Gasteiger partial charge in [-0.15, -0.1) is 0 Å². The van der Waals surface area contributed by atoms with Gasteiger partial charge < -0.3 is 5.32 Å². The van der Waals surface area contributed by atoms with E-state index in [-0.39, 0.29) is 11.9 Å². The molecule has 1 aliphatic rings. The summed E-state index contributed by atoms with van der Waals surface area (Å²) >= 11 is 0. The molecule has 2 unspecified atom stereocenters. The number of fused-ring (bicyclic) bond motifs is 1. The second-order valence-corrected chi connectivity index (χ2v) is 5.69. The number of halogens is 1. The lowest BCUT2D eigenvalue weighted by Gasteiger charge is -2.33. The van der Waals surface area contributed by atoms with Crippen molar-refractivity contribution in [2.75, 3.05) is 7.05 Å². The Kier molecular flexibility index (Phi) is 3.58. The molecule has 0 saturated carbocycles. The van der Waals surface area contributed by atoms with E-state index in [4.69, 9.17) is 0 Å². The summed E-state index contributed by atoms with van der Waals surface area (Å²) in [6.07, 6.45) is 2.17. The molecule has 1 N–H and O–H groups in total. The van der Waals surface area contributed by atoms with Crippen LogP contribution in [0.5, 0.6) is 0 Å². The number of hydrogen-bond acceptors (Lipinski definition) is 1. The molecule has 1 nitrogen and oxygen atoms in total. The summed E-state index contributed by atoms with van der Waals surface area (Å²) in [5.74, 6) is 0.477. The summed E-state index contributed by atoms with van der Waals surface area (Å²) in [4.78, 5) is 0. The smallest absolute Gasteiger partial charge is 0.126 e. The Hall–Kier alpha value is -1.67. The van der Waals surface area contributed by atoms with Gasteiger partial charge in [0.05, 0.1) is 0 Å². The predicted octanol–water partition coefficient (Wildman–Crippen LogP) is 4.12. The van der Waals surface area contributed by atoms with Gasteiger partial charge in [-0.3, -0.25) is 0 Å². The SMILES string of the molecule is CNC(CC1Cc2ccccc21)c1ccc(C)c(F)c1. The van der Waals surface area contributed by atoms with Gasteiger partial charge in [0.1, 0.15) is 5.82 Å². The third-order valence-electron chi connectivity index (χ3n) is 4.43. The fourth-order valence-electron chi connectivity index (χ4n) is 3.10. The van der Waals surface area contributed by atoms with Crippen molar-refractivity contribution in [1.82, 2.24) is 5.32 Å². The second kappa shape index (κ2) is 5.37. The Morgan fingerprint density at radius 2 is 2.05 bits per heavy atom. The molecule has 0 aliphatic heterocycles. The van der Waals surface area contributed by atoms with Crippen LogP contribution in [0.25, 0.3) is 0 Å². The maximum atomic E-state index is 13.7. The first kappa shape index (κ1) is 13.3. The summed E-state index contributed by atoms with van der Waals surface area (Å²) < 4.78 is 13.7. The van der Waals surface area contributed by atoms with Crippen molar-refractivity contribution in [1.29, 1.82) is 0 Å². The van der Waals surface area contributed by atoms with Gasteiger partial charge in [0, 0.05) is 6.04 Å². The summed E-state index contributed by atoms with van der Waals surface area (Å²) in [5.41, 5.74) is 4.67. The first-order valence-electron chi connectivity index (χ1n) is 7.20. The highest BCUT2D eigenvalue weighted by Gasteiger charge is 2.28. The first-order chi connectivity index (χ1) is 9.69. The second-order valence-electron chi connectivity index (χ2n) is 5.69. The van der Waals surface area contributed by atoms with Crippen molar-refractivity contribution in [3.63, 3.8) is 0 Å². The van der Waals surface area contributed by atoms with Gasteiger partial charge in [-0.2, -0.15) is 0 Å². The van der Waals surface area contributed by atoms with Crippen LogP contribution in [0.2, 0.25) is 0 Å². The van der Waals surface area contributed by atoms with Gasteiger partial charge in [-0.1, -0.05) is 36.4 Å². The van der Waals surface area contributed by atoms with Crippen molar-refractivity contribution in [3.8, 4) is 0 Å². The molecule has 3 rings (SSSR count). The number of hydrogen-bond donors (Lipinski definition) is 1. The Morgan fingerprint density at radius 1 is 1.25 bits per heavy atom. The van der Waals surface area contributed by atoms with Crippen LogP contribution >= 0.6 is 0 Å². The lowest BCUT2D eigenvalue weighted by Crippen LogP contribution is -2.25. The molecule has 2 atom stereocenters. The van der Waals surface area contributed by atoms with E-state index < -0.39 is 0 Å². The molecule has 1 aliphatic carbocycles. The van der Waals surface area contributed by atoms with Gasteiger partial charge >= 0.3 is 0 Å². The standard InChI is InChI=1S/C18H20FN/c1-12-7-8-14(10-17(12)19)18(20-2)11-15-9-13-5-3-4-6-16(13)15/h3-8,10,15,18,20H,9,11H2,1-2H3. The van der Waals surface area contributed by atoms with Crippen LogP contribution in [0.1, 0.15) is 40.6 Å². The minimum atomic E-state index is -0.114. The molecular weight excluding hydrogens is 249 g/mol. The normalized spacial score (nSPS) is 18.2. The molecule has 2 aromatic rings. The average Bonchev–Trinajstić information content (AvgIpc) is 2.44. The van der Waals surface area contributed by atoms with Gasteiger partial charge in [0.25, 0.3) is 0 Å². The molecule has 104 valence electrons. The molecule has 0 radical (unpaired) electrons. The third-order valence-corrected chi connectivity index (χ3v) is 4.43. The van der Waals surface area contributed by atoms with E-state index in [1.54, 1.807) is 13.0 Å². The largest absolute Gasteiger partial charge is 0.313 e. The van der Waals surface area contributed by atoms with Crippen LogP contribution < -0.4 is 5.32 Å². The van der Waals surface area contributed by atoms with E-state index in [1.165, 1.54) is 11.1 Å². The van der Waals surface area contributed by atoms with E-state index in [0.29, 0.717) is 11.5 Å². The Bertz CT molecular complexity index is 621. The molecule has 0 aromatic heterocycles. The minimum Gasteiger partial charge on any atom is -0.313 e. The highest BCUT2D eigenvalue weighted by Crippen LogP contribution is 2.40. The summed E-state index contributed by atoms with van der Waals surface area (Å²) in [6.45, 7) is 1.80. The number of rotatable bonds is 4. The molecule has 0 spiro atoms. The molecular formula is C18H20FN. The predicted molar refractivity (Wildman–Crippen MR) is 80.4 cm³/mol. The van der Waals surface area contributed by atoms with Gasteiger partial charge in [0.15, 0.2) is 0 Å². The maximum Gasteiger partial charge on any atom is 0.126 e. The van der Waals surface area contributed by atoms with Crippen molar-refractivity contribution < 1.29 is 4.39 Å². The maximum absolute atomic E-state index is 13.7. The first-order valence-corrected chi connectivity index (χ1v) is 7.20. The van der Waals surface area contributed by atoms with Gasteiger partial charge in [-0.25, -0.2) is 4.39 Å². The van der Waals surface area contributed by atoms with Gasteiger partial charge in [-0.05, 0) is 61.1 Å². The van der Waals surface area contributed by atoms with Crippen LogP contribution in [0.3, 0.4) is 0 Å². The zero-order chi connectivity index (χ0) is 14.1. The van der Waals surface area contributed by atoms with E-state index in [1.807, 2.05) is 19.2 Å². The van der Waals surface area contributed by atoms with Crippen molar-refractivity contribution in [3.05, 3.63) is 70.5 Å². The molecule has 0 fully saturated rings. The van der Waals surface area contributed by atoms with E-state index >= 15 is 0 Å². The molecule has 0 bridgehead atoms. The highest BCUT2D eigenvalue weighted by molar-refractivity contribution is 5.40. The average molecular weight is 269 g/mol. The summed E-state index contributed by atoms with van der Waals surface area (Å²) in [6, 6.07) is 14.4. The molecule has 0 heterocycles. The van der Waals surface area contributed by atoms with Crippen molar-refractivity contribution >= 4 is 0 Å². The lowest BCUT2D eigenvalue weighted by molar-refractivity contribution is 0.450. The van der Waals surface area contributed by atoms with Crippen LogP contribution in [0.4, 0.5) is 4.39 Å². The zero-order valence-electron chi connectivity index (χ0n) is 12.0. The molecule has 0 saturated heterocycles. The summed E-state index contributed by atoms with van der Waals surface area (Å²) in [5, 5.41) is 3.33. The van der Waals surface area contributed by atoms with Crippen LogP contribution in [-0.2, 0) is 6.42 Å². The molecule has 2 aromatic carbocycles. The van der Waals surface area contributed by atoms with E-state index in [2.05, 4.69) is 29.6 Å². The van der Waals surface area contributed by atoms with E-state index in [0.717, 1.165) is 18.4 Å². The lowest BCUT2D eigenvalue weighted by atomic mass is 9.74. The molecule has 2 heteroatoms. The van der Waals surface area contributed by atoms with Crippen LogP contribution in [0.15, 0.2) is 42.5 Å². The fraction of sp³-hybridized carbons (Fsp3) is 0.333. The topological polar surface area (TPSA) is 12.0 Å². The van der Waals surface area contributed by atoms with Crippen molar-refractivity contribution in [2.24, 2.45) is 0 Å². The fourth-order valence-corrected chi connectivity index (χ4v) is 3.10. The minimum absolute atomic E-state index is 0.114. The molecule has 0 amide bonds. The number of aryl methyl sites for hydroxylation is 1. The quantitative estimate of drug-likeness (QED) is 0.880. The van der Waals surface area contributed by atoms with Crippen LogP contribution in [-0.4, -0.2) is 7.05 Å².